The number of allylic oxidation sites excluding steroid dienone is 3. The van der Waals surface area contributed by atoms with Crippen LogP contribution in [0.15, 0.2) is 106 Å². The first-order valence-electron chi connectivity index (χ1n) is 13.4. The molecular weight excluding hydrogens is 591 g/mol. The molecule has 2 aliphatic heterocycles. The maximum absolute atomic E-state index is 13.2. The van der Waals surface area contributed by atoms with Crippen molar-refractivity contribution in [2.75, 3.05) is 19.0 Å². The van der Waals surface area contributed by atoms with Crippen molar-refractivity contribution in [3.05, 3.63) is 130 Å². The van der Waals surface area contributed by atoms with Gasteiger partial charge in [0.2, 0.25) is 11.4 Å². The van der Waals surface area contributed by atoms with E-state index in [9.17, 15) is 19.8 Å². The number of fused-ring (bicyclic) bond motifs is 2. The number of benzene rings is 2. The summed E-state index contributed by atoms with van der Waals surface area (Å²) in [6.45, 7) is 0. The molecule has 8 nitrogen and oxygen atoms in total. The van der Waals surface area contributed by atoms with Crippen molar-refractivity contribution in [3.8, 4) is 0 Å². The standard InChI is InChI=1S/C33H26Cl2N2O6/c1-36-26-12-10-20(34)16-24(26)32(30(38)39,18-22-6-4-14-42-22)28(36)8-3-9-29-33(31(40)41,19-23-7-5-15-43-23)25-17-21(35)11-13-27(25)37(29)2/h3-17H,18-19H2,1-2H3,(H-,38,39,40,41)/p+1. The number of likely N-dealkylation sites (N-methyl/N-ethyl adjacent to an activating group) is 1. The fourth-order valence-electron chi connectivity index (χ4n) is 6.45. The maximum atomic E-state index is 13.2. The number of anilines is 1. The number of carboxylic acids is 2. The van der Waals surface area contributed by atoms with E-state index in [4.69, 9.17) is 32.0 Å². The summed E-state index contributed by atoms with van der Waals surface area (Å²) >= 11 is 12.7. The molecule has 218 valence electrons. The molecule has 0 spiro atoms. The first-order chi connectivity index (χ1) is 20.6. The largest absolute Gasteiger partial charge is 0.480 e. The highest BCUT2D eigenvalue weighted by molar-refractivity contribution is 6.31. The maximum Gasteiger partial charge on any atom is 0.325 e. The number of hydrogen-bond acceptors (Lipinski definition) is 5. The molecule has 2 aromatic heterocycles. The van der Waals surface area contributed by atoms with Crippen molar-refractivity contribution in [1.29, 1.82) is 0 Å². The predicted octanol–water partition coefficient (Wildman–Crippen LogP) is 6.63. The van der Waals surface area contributed by atoms with Crippen LogP contribution in [0.2, 0.25) is 10.0 Å². The molecule has 10 heteroatoms. The second-order valence-corrected chi connectivity index (χ2v) is 11.5. The Bertz CT molecular complexity index is 1840. The van der Waals surface area contributed by atoms with Crippen LogP contribution in [0.4, 0.5) is 11.4 Å². The Labute approximate surface area is 257 Å². The fourth-order valence-corrected chi connectivity index (χ4v) is 6.80. The molecule has 43 heavy (non-hydrogen) atoms. The lowest BCUT2D eigenvalue weighted by atomic mass is 9.73. The lowest BCUT2D eigenvalue weighted by molar-refractivity contribution is -0.401. The molecule has 4 heterocycles. The Morgan fingerprint density at radius 2 is 1.47 bits per heavy atom. The van der Waals surface area contributed by atoms with Crippen LogP contribution in [-0.2, 0) is 33.3 Å². The van der Waals surface area contributed by atoms with Crippen LogP contribution in [0.5, 0.6) is 0 Å². The first-order valence-corrected chi connectivity index (χ1v) is 14.2. The van der Waals surface area contributed by atoms with Crippen molar-refractivity contribution in [1.82, 2.24) is 0 Å². The van der Waals surface area contributed by atoms with Gasteiger partial charge in [-0.15, -0.1) is 0 Å². The van der Waals surface area contributed by atoms with E-state index in [0.717, 1.165) is 0 Å². The minimum atomic E-state index is -1.52. The number of aliphatic carboxylic acids is 2. The Hall–Kier alpha value is -4.53. The van der Waals surface area contributed by atoms with E-state index < -0.39 is 22.8 Å². The molecule has 0 amide bonds. The van der Waals surface area contributed by atoms with Gasteiger partial charge in [-0.05, 0) is 60.7 Å². The molecular formula is C33H27Cl2N2O6+. The summed E-state index contributed by atoms with van der Waals surface area (Å²) in [6.07, 6.45) is 8.22. The summed E-state index contributed by atoms with van der Waals surface area (Å²) < 4.78 is 13.0. The normalized spacial score (nSPS) is 22.0. The summed E-state index contributed by atoms with van der Waals surface area (Å²) in [5, 5.41) is 22.4. The van der Waals surface area contributed by atoms with Gasteiger partial charge in [0.25, 0.3) is 0 Å². The average molecular weight is 618 g/mol. The number of carbonyl (C=O) groups is 2. The summed E-state index contributed by atoms with van der Waals surface area (Å²) in [7, 11) is 3.59. The Balaban J connectivity index is 1.51. The van der Waals surface area contributed by atoms with Crippen LogP contribution in [-0.4, -0.2) is 46.5 Å². The second-order valence-electron chi connectivity index (χ2n) is 10.7. The topological polar surface area (TPSA) is 107 Å². The van der Waals surface area contributed by atoms with Crippen LogP contribution in [0.25, 0.3) is 0 Å². The van der Waals surface area contributed by atoms with Gasteiger partial charge in [-0.2, -0.15) is 4.58 Å². The van der Waals surface area contributed by atoms with Crippen LogP contribution < -0.4 is 4.90 Å². The first kappa shape index (κ1) is 28.6. The highest BCUT2D eigenvalue weighted by atomic mass is 35.5. The van der Waals surface area contributed by atoms with Gasteiger partial charge in [0, 0.05) is 59.0 Å². The van der Waals surface area contributed by atoms with Gasteiger partial charge in [-0.3, -0.25) is 9.59 Å². The van der Waals surface area contributed by atoms with Gasteiger partial charge < -0.3 is 23.9 Å². The molecule has 0 fully saturated rings. The molecule has 6 rings (SSSR count). The lowest BCUT2D eigenvalue weighted by Crippen LogP contribution is -2.44. The molecule has 0 bridgehead atoms. The third kappa shape index (κ3) is 4.40. The summed E-state index contributed by atoms with van der Waals surface area (Å²) in [5.41, 5.74) is 0.382. The van der Waals surface area contributed by atoms with Crippen LogP contribution in [0.1, 0.15) is 22.6 Å². The van der Waals surface area contributed by atoms with Crippen LogP contribution in [0.3, 0.4) is 0 Å². The third-order valence-corrected chi connectivity index (χ3v) is 8.90. The smallest absolute Gasteiger partial charge is 0.325 e. The average Bonchev–Trinajstić information content (AvgIpc) is 3.75. The van der Waals surface area contributed by atoms with Crippen molar-refractivity contribution in [2.45, 2.75) is 23.7 Å². The molecule has 2 atom stereocenters. The Kier molecular flexibility index (Phi) is 7.07. The molecule has 2 aliphatic rings. The zero-order chi connectivity index (χ0) is 30.5. The van der Waals surface area contributed by atoms with Gasteiger partial charge in [0.05, 0.1) is 18.1 Å². The van der Waals surface area contributed by atoms with Gasteiger partial charge in [-0.25, -0.2) is 0 Å². The van der Waals surface area contributed by atoms with Gasteiger partial charge in [0.1, 0.15) is 24.0 Å². The molecule has 4 aromatic rings. The lowest BCUT2D eigenvalue weighted by Gasteiger charge is -2.27. The quantitative estimate of drug-likeness (QED) is 0.214. The van der Waals surface area contributed by atoms with Crippen LogP contribution >= 0.6 is 23.2 Å². The number of rotatable bonds is 8. The molecule has 2 N–H and O–H groups in total. The molecule has 2 unspecified atom stereocenters. The van der Waals surface area contributed by atoms with Gasteiger partial charge >= 0.3 is 11.9 Å². The minimum Gasteiger partial charge on any atom is -0.480 e. The summed E-state index contributed by atoms with van der Waals surface area (Å²) in [6, 6.07) is 17.3. The van der Waals surface area contributed by atoms with E-state index in [-0.39, 0.29) is 12.8 Å². The van der Waals surface area contributed by atoms with Crippen molar-refractivity contribution < 1.29 is 33.2 Å². The van der Waals surface area contributed by atoms with E-state index >= 15 is 0 Å². The molecule has 0 aliphatic carbocycles. The number of hydrogen-bond donors (Lipinski definition) is 2. The molecule has 2 aromatic carbocycles. The summed E-state index contributed by atoms with van der Waals surface area (Å²) in [5.74, 6) is -1.14. The minimum absolute atomic E-state index is 0.0463. The fraction of sp³-hybridized carbons (Fsp3) is 0.182. The Morgan fingerprint density at radius 1 is 0.884 bits per heavy atom. The monoisotopic (exact) mass is 617 g/mol. The summed E-state index contributed by atoms with van der Waals surface area (Å²) in [4.78, 5) is 28.2. The van der Waals surface area contributed by atoms with Crippen molar-refractivity contribution in [2.24, 2.45) is 0 Å². The SMILES string of the molecule is CN1/C(=C/C=C/C2=[N+](C)c3ccc(Cl)cc3C2(Cc2ccco2)C(=O)O)C(Cc2ccco2)(C(=O)O)c2cc(Cl)ccc21. The zero-order valence-corrected chi connectivity index (χ0v) is 24.8. The third-order valence-electron chi connectivity index (χ3n) is 8.43. The van der Waals surface area contributed by atoms with Gasteiger partial charge in [-0.1, -0.05) is 29.3 Å². The van der Waals surface area contributed by atoms with E-state index in [1.807, 2.05) is 9.48 Å². The van der Waals surface area contributed by atoms with E-state index in [0.29, 0.717) is 55.5 Å². The second kappa shape index (κ2) is 10.6. The van der Waals surface area contributed by atoms with Crippen molar-refractivity contribution >= 4 is 52.2 Å². The van der Waals surface area contributed by atoms with E-state index in [2.05, 4.69) is 0 Å². The van der Waals surface area contributed by atoms with Crippen LogP contribution in [0, 0.1) is 0 Å². The number of furan rings is 2. The van der Waals surface area contributed by atoms with E-state index in [1.54, 1.807) is 93.0 Å². The zero-order valence-electron chi connectivity index (χ0n) is 23.3. The number of nitrogens with zero attached hydrogens (tertiary/aromatic N) is 2. The van der Waals surface area contributed by atoms with Crippen molar-refractivity contribution in [3.63, 3.8) is 0 Å². The highest BCUT2D eigenvalue weighted by Crippen LogP contribution is 2.50. The molecule has 0 saturated heterocycles. The molecule has 0 saturated carbocycles. The van der Waals surface area contributed by atoms with E-state index in [1.165, 1.54) is 12.5 Å². The van der Waals surface area contributed by atoms with Gasteiger partial charge in [0.15, 0.2) is 5.41 Å². The Morgan fingerprint density at radius 3 is 2.05 bits per heavy atom. The number of halogens is 2. The molecule has 0 radical (unpaired) electrons. The highest BCUT2D eigenvalue weighted by Gasteiger charge is 2.57. The predicted molar refractivity (Wildman–Crippen MR) is 163 cm³/mol. The number of carboxylic acid groups (broad SMARTS) is 2.